The molecule has 0 bridgehead atoms. The quantitative estimate of drug-likeness (QED) is 0.545. The molecule has 33 heavy (non-hydrogen) atoms. The van der Waals surface area contributed by atoms with Gasteiger partial charge in [0, 0.05) is 30.5 Å². The minimum Gasteiger partial charge on any atom is -0.354 e. The molecule has 1 aromatic heterocycles. The van der Waals surface area contributed by atoms with Gasteiger partial charge in [0.2, 0.25) is 15.9 Å². The highest BCUT2D eigenvalue weighted by Crippen LogP contribution is 2.29. The maximum Gasteiger partial charge on any atom is 0.244 e. The molecule has 0 unspecified atom stereocenters. The van der Waals surface area contributed by atoms with Gasteiger partial charge in [-0.2, -0.15) is 4.31 Å². The molecule has 0 spiro atoms. The minimum absolute atomic E-state index is 0.240. The lowest BCUT2D eigenvalue weighted by Crippen LogP contribution is -2.46. The van der Waals surface area contributed by atoms with Crippen molar-refractivity contribution in [1.82, 2.24) is 14.6 Å². The molecule has 0 saturated carbocycles. The van der Waals surface area contributed by atoms with Crippen LogP contribution in [0.4, 0.5) is 0 Å². The Morgan fingerprint density at radius 3 is 2.61 bits per heavy atom. The van der Waals surface area contributed by atoms with Crippen LogP contribution in [0.15, 0.2) is 52.7 Å². The number of carbonyl (C=O) groups is 1. The Labute approximate surface area is 199 Å². The van der Waals surface area contributed by atoms with Crippen molar-refractivity contribution < 1.29 is 13.2 Å². The third-order valence-corrected chi connectivity index (χ3v) is 9.13. The summed E-state index contributed by atoms with van der Waals surface area (Å²) in [6.45, 7) is 6.46. The first-order chi connectivity index (χ1) is 15.8. The fourth-order valence-electron chi connectivity index (χ4n) is 4.19. The number of nitrogens with one attached hydrogen (secondary N) is 1. The van der Waals surface area contributed by atoms with Gasteiger partial charge in [0.25, 0.3) is 0 Å². The molecule has 4 rings (SSSR count). The van der Waals surface area contributed by atoms with Gasteiger partial charge in [-0.25, -0.2) is 13.4 Å². The summed E-state index contributed by atoms with van der Waals surface area (Å²) >= 11 is 1.58. The number of nitrogens with zero attached hydrogens (tertiary/aromatic N) is 2. The van der Waals surface area contributed by atoms with Gasteiger partial charge >= 0.3 is 0 Å². The number of thiazole rings is 1. The minimum atomic E-state index is -3.75. The zero-order valence-electron chi connectivity index (χ0n) is 19.2. The predicted molar refractivity (Wildman–Crippen MR) is 132 cm³/mol. The van der Waals surface area contributed by atoms with Crippen LogP contribution in [0.25, 0.3) is 10.6 Å². The van der Waals surface area contributed by atoms with Crippen LogP contribution in [-0.2, 0) is 21.2 Å². The molecule has 1 aliphatic heterocycles. The molecule has 1 aliphatic rings. The molecule has 8 heteroatoms. The van der Waals surface area contributed by atoms with E-state index in [1.807, 2.05) is 62.5 Å². The highest BCUT2D eigenvalue weighted by molar-refractivity contribution is 7.89. The molecular formula is C25H29N3O3S2. The van der Waals surface area contributed by atoms with E-state index >= 15 is 0 Å². The second-order valence-electron chi connectivity index (χ2n) is 8.53. The summed E-state index contributed by atoms with van der Waals surface area (Å²) in [7, 11) is -3.75. The number of benzene rings is 2. The molecule has 0 radical (unpaired) electrons. The topological polar surface area (TPSA) is 79.4 Å². The maximum absolute atomic E-state index is 13.4. The molecule has 1 saturated heterocycles. The van der Waals surface area contributed by atoms with E-state index in [0.29, 0.717) is 42.8 Å². The van der Waals surface area contributed by atoms with E-state index in [4.69, 9.17) is 0 Å². The van der Waals surface area contributed by atoms with Crippen molar-refractivity contribution in [3.8, 4) is 10.6 Å². The van der Waals surface area contributed by atoms with Crippen molar-refractivity contribution >= 4 is 27.3 Å². The highest BCUT2D eigenvalue weighted by atomic mass is 32.2. The smallest absolute Gasteiger partial charge is 0.244 e. The van der Waals surface area contributed by atoms with Gasteiger partial charge in [-0.05, 0) is 56.4 Å². The van der Waals surface area contributed by atoms with Crippen molar-refractivity contribution in [2.75, 3.05) is 13.1 Å². The van der Waals surface area contributed by atoms with Crippen LogP contribution in [0, 0.1) is 20.8 Å². The Hall–Kier alpha value is -2.55. The summed E-state index contributed by atoms with van der Waals surface area (Å²) in [5.41, 5.74) is 4.69. The van der Waals surface area contributed by atoms with E-state index in [0.717, 1.165) is 27.4 Å². The van der Waals surface area contributed by atoms with Crippen LogP contribution < -0.4 is 5.32 Å². The van der Waals surface area contributed by atoms with Crippen molar-refractivity contribution in [3.63, 3.8) is 0 Å². The second kappa shape index (κ2) is 9.75. The molecule has 174 valence electrons. The third kappa shape index (κ3) is 5.03. The summed E-state index contributed by atoms with van der Waals surface area (Å²) in [5.74, 6) is -0.240. The van der Waals surface area contributed by atoms with Crippen LogP contribution in [0.2, 0.25) is 0 Å². The Bertz CT molecular complexity index is 1250. The van der Waals surface area contributed by atoms with Gasteiger partial charge in [0.15, 0.2) is 0 Å². The van der Waals surface area contributed by atoms with E-state index in [2.05, 4.69) is 10.3 Å². The van der Waals surface area contributed by atoms with Crippen LogP contribution in [0.1, 0.15) is 35.2 Å². The fraction of sp³-hybridized carbons (Fsp3) is 0.360. The van der Waals surface area contributed by atoms with Gasteiger partial charge in [-0.3, -0.25) is 4.79 Å². The lowest BCUT2D eigenvalue weighted by Gasteiger charge is -2.24. The first kappa shape index (κ1) is 23.6. The predicted octanol–water partition coefficient (Wildman–Crippen LogP) is 4.25. The molecule has 3 aromatic rings. The summed E-state index contributed by atoms with van der Waals surface area (Å²) in [6, 6.07) is 12.9. The van der Waals surface area contributed by atoms with Crippen LogP contribution in [-0.4, -0.2) is 42.7 Å². The first-order valence-electron chi connectivity index (χ1n) is 11.1. The lowest BCUT2D eigenvalue weighted by atomic mass is 10.1. The Balaban J connectivity index is 1.40. The number of carbonyl (C=O) groups excluding carboxylic acids is 1. The zero-order valence-corrected chi connectivity index (χ0v) is 20.8. The Morgan fingerprint density at radius 2 is 1.85 bits per heavy atom. The normalized spacial score (nSPS) is 16.8. The monoisotopic (exact) mass is 483 g/mol. The fourth-order valence-corrected chi connectivity index (χ4v) is 7.00. The lowest BCUT2D eigenvalue weighted by molar-refractivity contribution is -0.124. The summed E-state index contributed by atoms with van der Waals surface area (Å²) in [4.78, 5) is 17.9. The van der Waals surface area contributed by atoms with Crippen molar-refractivity contribution in [3.05, 3.63) is 70.2 Å². The van der Waals surface area contributed by atoms with Crippen molar-refractivity contribution in [2.24, 2.45) is 0 Å². The van der Waals surface area contributed by atoms with E-state index in [-0.39, 0.29) is 5.91 Å². The number of amides is 1. The molecule has 1 N–H and O–H groups in total. The van der Waals surface area contributed by atoms with E-state index < -0.39 is 16.1 Å². The zero-order chi connectivity index (χ0) is 23.6. The molecule has 1 atom stereocenters. The average Bonchev–Trinajstić information content (AvgIpc) is 3.47. The van der Waals surface area contributed by atoms with Crippen molar-refractivity contribution in [1.29, 1.82) is 0 Å². The summed E-state index contributed by atoms with van der Waals surface area (Å²) in [5, 5.41) is 5.89. The molecule has 1 fully saturated rings. The Kier molecular flexibility index (Phi) is 6.97. The van der Waals surface area contributed by atoms with Crippen LogP contribution >= 0.6 is 11.3 Å². The number of aryl methyl sites for hydroxylation is 3. The highest BCUT2D eigenvalue weighted by Gasteiger charge is 2.40. The largest absolute Gasteiger partial charge is 0.354 e. The van der Waals surface area contributed by atoms with Crippen molar-refractivity contribution in [2.45, 2.75) is 51.0 Å². The van der Waals surface area contributed by atoms with Gasteiger partial charge in [-0.1, -0.05) is 36.4 Å². The van der Waals surface area contributed by atoms with Gasteiger partial charge in [-0.15, -0.1) is 11.3 Å². The van der Waals surface area contributed by atoms with Gasteiger partial charge in [0.05, 0.1) is 10.6 Å². The number of hydrogen-bond acceptors (Lipinski definition) is 5. The maximum atomic E-state index is 13.4. The second-order valence-corrected chi connectivity index (χ2v) is 11.2. The molecule has 2 heterocycles. The number of rotatable bonds is 7. The van der Waals surface area contributed by atoms with Gasteiger partial charge in [0.1, 0.15) is 11.0 Å². The molecule has 0 aliphatic carbocycles. The number of hydrogen-bond donors (Lipinski definition) is 1. The molecular weight excluding hydrogens is 454 g/mol. The van der Waals surface area contributed by atoms with Crippen LogP contribution in [0.5, 0.6) is 0 Å². The van der Waals surface area contributed by atoms with E-state index in [9.17, 15) is 13.2 Å². The Morgan fingerprint density at radius 1 is 1.12 bits per heavy atom. The van der Waals surface area contributed by atoms with Gasteiger partial charge < -0.3 is 5.32 Å². The number of aromatic nitrogens is 1. The molecule has 2 aromatic carbocycles. The standard InChI is InChI=1S/C25H29N3O3S2/c1-17-14-19(3)23(15-18(17)2)33(30,31)28-13-7-10-22(28)24(29)26-12-11-21-16-32-25(27-21)20-8-5-4-6-9-20/h4-6,8-9,14-16,22H,7,10-13H2,1-3H3,(H,26,29)/t22-/m1/s1. The third-order valence-electron chi connectivity index (χ3n) is 6.14. The summed E-state index contributed by atoms with van der Waals surface area (Å²) in [6.07, 6.45) is 1.81. The molecule has 1 amide bonds. The summed E-state index contributed by atoms with van der Waals surface area (Å²) < 4.78 is 28.2. The average molecular weight is 484 g/mol. The first-order valence-corrected chi connectivity index (χ1v) is 13.5. The van der Waals surface area contributed by atoms with E-state index in [1.165, 1.54) is 4.31 Å². The van der Waals surface area contributed by atoms with Crippen LogP contribution in [0.3, 0.4) is 0 Å². The molecule has 6 nitrogen and oxygen atoms in total. The van der Waals surface area contributed by atoms with E-state index in [1.54, 1.807) is 17.4 Å². The number of sulfonamides is 1. The SMILES string of the molecule is Cc1cc(C)c(S(=O)(=O)N2CCC[C@@H]2C(=O)NCCc2csc(-c3ccccc3)n2)cc1C.